The van der Waals surface area contributed by atoms with Crippen molar-refractivity contribution in [1.29, 1.82) is 0 Å². The lowest BCUT2D eigenvalue weighted by atomic mass is 10.1. The predicted molar refractivity (Wildman–Crippen MR) is 107 cm³/mol. The summed E-state index contributed by atoms with van der Waals surface area (Å²) in [4.78, 5) is 14.1. The first-order valence-electron chi connectivity index (χ1n) is 8.53. The van der Waals surface area contributed by atoms with Crippen LogP contribution in [-0.4, -0.2) is 38.7 Å². The van der Waals surface area contributed by atoms with Gasteiger partial charge in [-0.1, -0.05) is 23.7 Å². The molecule has 27 heavy (non-hydrogen) atoms. The number of sulfonamides is 1. The van der Waals surface area contributed by atoms with Gasteiger partial charge in [0.25, 0.3) is 10.0 Å². The highest BCUT2D eigenvalue weighted by molar-refractivity contribution is 7.90. The first-order valence-corrected chi connectivity index (χ1v) is 10.3. The number of carbonyl (C=O) groups is 1. The molecule has 1 fully saturated rings. The zero-order valence-corrected chi connectivity index (χ0v) is 16.4. The second-order valence-corrected chi connectivity index (χ2v) is 8.42. The summed E-state index contributed by atoms with van der Waals surface area (Å²) in [6.45, 7) is 0.812. The van der Waals surface area contributed by atoms with E-state index in [-0.39, 0.29) is 17.2 Å². The third-order valence-electron chi connectivity index (χ3n) is 4.27. The number of hydrogen-bond acceptors (Lipinski definition) is 3. The molecule has 0 unspecified atom stereocenters. The van der Waals surface area contributed by atoms with Crippen molar-refractivity contribution < 1.29 is 13.2 Å². The highest BCUT2D eigenvalue weighted by Gasteiger charge is 2.20. The Morgan fingerprint density at radius 2 is 1.81 bits per heavy atom. The van der Waals surface area contributed by atoms with Crippen molar-refractivity contribution in [3.05, 3.63) is 59.1 Å². The Morgan fingerprint density at radius 1 is 1.15 bits per heavy atom. The van der Waals surface area contributed by atoms with Gasteiger partial charge in [0.15, 0.2) is 0 Å². The zero-order valence-electron chi connectivity index (χ0n) is 14.9. The van der Waals surface area contributed by atoms with Gasteiger partial charge in [-0.05, 0) is 48.4 Å². The van der Waals surface area contributed by atoms with Crippen LogP contribution in [0.5, 0.6) is 0 Å². The molecule has 1 saturated heterocycles. The molecule has 0 aromatic heterocycles. The van der Waals surface area contributed by atoms with E-state index in [1.807, 2.05) is 11.9 Å². The molecule has 2 aromatic rings. The fourth-order valence-corrected chi connectivity index (χ4v) is 4.02. The zero-order chi connectivity index (χ0) is 19.4. The molecule has 1 aliphatic rings. The van der Waals surface area contributed by atoms with Crippen LogP contribution in [0.25, 0.3) is 0 Å². The van der Waals surface area contributed by atoms with Crippen LogP contribution < -0.4 is 5.32 Å². The summed E-state index contributed by atoms with van der Waals surface area (Å²) in [6, 6.07) is 13.1. The molecule has 1 amide bonds. The maximum Gasteiger partial charge on any atom is 0.283 e. The molecule has 2 aromatic carbocycles. The molecular formula is C19H20ClN3O3S. The van der Waals surface area contributed by atoms with Gasteiger partial charge in [0.1, 0.15) is 5.84 Å². The predicted octanol–water partition coefficient (Wildman–Crippen LogP) is 3.33. The van der Waals surface area contributed by atoms with E-state index in [1.165, 1.54) is 12.1 Å². The molecule has 142 valence electrons. The number of hydrogen-bond donors (Lipinski definition) is 1. The lowest BCUT2D eigenvalue weighted by Crippen LogP contribution is -2.20. The van der Waals surface area contributed by atoms with Gasteiger partial charge in [0.05, 0.1) is 11.3 Å². The first kappa shape index (κ1) is 19.4. The molecule has 8 heteroatoms. The fourth-order valence-electron chi connectivity index (χ4n) is 2.80. The van der Waals surface area contributed by atoms with Crippen LogP contribution in [0.3, 0.4) is 0 Å². The van der Waals surface area contributed by atoms with Gasteiger partial charge in [-0.3, -0.25) is 4.79 Å². The molecule has 1 N–H and O–H groups in total. The van der Waals surface area contributed by atoms with Gasteiger partial charge in [0, 0.05) is 30.7 Å². The Labute approximate surface area is 163 Å². The Bertz CT molecular complexity index is 955. The normalized spacial score (nSPS) is 15.9. The van der Waals surface area contributed by atoms with E-state index in [9.17, 15) is 13.2 Å². The lowest BCUT2D eigenvalue weighted by molar-refractivity contribution is -0.115. The molecule has 0 radical (unpaired) electrons. The monoisotopic (exact) mass is 405 g/mol. The number of rotatable bonds is 5. The van der Waals surface area contributed by atoms with Gasteiger partial charge in [-0.2, -0.15) is 8.42 Å². The van der Waals surface area contributed by atoms with Crippen LogP contribution in [0.4, 0.5) is 5.69 Å². The van der Waals surface area contributed by atoms with Crippen molar-refractivity contribution in [2.75, 3.05) is 18.9 Å². The van der Waals surface area contributed by atoms with E-state index >= 15 is 0 Å². The number of carbonyl (C=O) groups excluding carboxylic acids is 1. The Hall–Kier alpha value is -2.38. The second-order valence-electron chi connectivity index (χ2n) is 6.38. The van der Waals surface area contributed by atoms with E-state index in [4.69, 9.17) is 11.6 Å². The smallest absolute Gasteiger partial charge is 0.283 e. The molecule has 1 aliphatic heterocycles. The Kier molecular flexibility index (Phi) is 5.82. The summed E-state index contributed by atoms with van der Waals surface area (Å²) in [5, 5.41) is 3.37. The number of amides is 1. The largest absolute Gasteiger partial charge is 0.362 e. The highest BCUT2D eigenvalue weighted by atomic mass is 35.5. The molecule has 0 bridgehead atoms. The van der Waals surface area contributed by atoms with E-state index in [2.05, 4.69) is 9.71 Å². The highest BCUT2D eigenvalue weighted by Crippen LogP contribution is 2.19. The number of benzene rings is 2. The van der Waals surface area contributed by atoms with Crippen molar-refractivity contribution in [3.8, 4) is 0 Å². The van der Waals surface area contributed by atoms with E-state index in [0.717, 1.165) is 18.5 Å². The topological polar surface area (TPSA) is 78.8 Å². The van der Waals surface area contributed by atoms with Crippen LogP contribution in [0.1, 0.15) is 18.4 Å². The van der Waals surface area contributed by atoms with Gasteiger partial charge < -0.3 is 10.2 Å². The average molecular weight is 406 g/mol. The van der Waals surface area contributed by atoms with Crippen molar-refractivity contribution in [3.63, 3.8) is 0 Å². The standard InChI is InChI=1S/C19H20ClN3O3S/c1-23-12-2-3-18(23)22-27(25,26)17-10-8-16(9-11-17)21-19(24)13-14-4-6-15(20)7-5-14/h4-11H,2-3,12-13H2,1H3,(H,21,24)/b22-18+. The van der Waals surface area contributed by atoms with Crippen LogP contribution >= 0.6 is 11.6 Å². The van der Waals surface area contributed by atoms with Crippen LogP contribution in [0.2, 0.25) is 5.02 Å². The van der Waals surface area contributed by atoms with Gasteiger partial charge in [-0.15, -0.1) is 4.40 Å². The maximum absolute atomic E-state index is 12.4. The molecule has 0 spiro atoms. The number of nitrogens with zero attached hydrogens (tertiary/aromatic N) is 2. The van der Waals surface area contributed by atoms with Crippen molar-refractivity contribution >= 4 is 39.1 Å². The number of halogens is 1. The third-order valence-corrected chi connectivity index (χ3v) is 5.84. The van der Waals surface area contributed by atoms with Crippen LogP contribution in [0, 0.1) is 0 Å². The minimum atomic E-state index is -3.75. The van der Waals surface area contributed by atoms with E-state index in [0.29, 0.717) is 23.0 Å². The summed E-state index contributed by atoms with van der Waals surface area (Å²) < 4.78 is 28.8. The summed E-state index contributed by atoms with van der Waals surface area (Å²) in [7, 11) is -1.92. The molecule has 0 aliphatic carbocycles. The molecule has 0 atom stereocenters. The van der Waals surface area contributed by atoms with Gasteiger partial charge in [0.2, 0.25) is 5.91 Å². The number of likely N-dealkylation sites (tertiary alicyclic amines) is 1. The fraction of sp³-hybridized carbons (Fsp3) is 0.263. The van der Waals surface area contributed by atoms with Crippen molar-refractivity contribution in [2.24, 2.45) is 4.40 Å². The molecule has 0 saturated carbocycles. The Balaban J connectivity index is 1.66. The molecule has 1 heterocycles. The summed E-state index contributed by atoms with van der Waals surface area (Å²) in [6.07, 6.45) is 1.77. The number of amidine groups is 1. The van der Waals surface area contributed by atoms with E-state index < -0.39 is 10.0 Å². The molecule has 3 rings (SSSR count). The maximum atomic E-state index is 12.4. The van der Waals surface area contributed by atoms with Crippen molar-refractivity contribution in [1.82, 2.24) is 4.90 Å². The van der Waals surface area contributed by atoms with E-state index in [1.54, 1.807) is 36.4 Å². The van der Waals surface area contributed by atoms with Crippen LogP contribution in [0.15, 0.2) is 57.8 Å². The van der Waals surface area contributed by atoms with Gasteiger partial charge >= 0.3 is 0 Å². The minimum Gasteiger partial charge on any atom is -0.362 e. The second kappa shape index (κ2) is 8.10. The summed E-state index contributed by atoms with van der Waals surface area (Å²) in [5.74, 6) is 0.385. The SMILES string of the molecule is CN1CCC/C1=N\S(=O)(=O)c1ccc(NC(=O)Cc2ccc(Cl)cc2)cc1. The van der Waals surface area contributed by atoms with Crippen LogP contribution in [-0.2, 0) is 21.2 Å². The minimum absolute atomic E-state index is 0.103. The number of anilines is 1. The van der Waals surface area contributed by atoms with Gasteiger partial charge in [-0.25, -0.2) is 0 Å². The average Bonchev–Trinajstić information content (AvgIpc) is 3.01. The summed E-state index contributed by atoms with van der Waals surface area (Å²) in [5.41, 5.74) is 1.37. The number of nitrogens with one attached hydrogen (secondary N) is 1. The quantitative estimate of drug-likeness (QED) is 0.827. The van der Waals surface area contributed by atoms with Crippen molar-refractivity contribution in [2.45, 2.75) is 24.2 Å². The Morgan fingerprint density at radius 3 is 2.41 bits per heavy atom. The lowest BCUT2D eigenvalue weighted by Gasteiger charge is -2.11. The molecule has 6 nitrogen and oxygen atoms in total. The first-order chi connectivity index (χ1) is 12.8. The summed E-state index contributed by atoms with van der Waals surface area (Å²) >= 11 is 5.83. The third kappa shape index (κ3) is 5.08. The molecular weight excluding hydrogens is 386 g/mol.